The first kappa shape index (κ1) is 17.0. The topological polar surface area (TPSA) is 72.5 Å². The van der Waals surface area contributed by atoms with E-state index in [1.54, 1.807) is 6.20 Å². The van der Waals surface area contributed by atoms with Crippen molar-refractivity contribution < 1.29 is 9.90 Å². The van der Waals surface area contributed by atoms with E-state index < -0.39 is 5.60 Å². The Kier molecular flexibility index (Phi) is 4.92. The second kappa shape index (κ2) is 6.38. The second-order valence-electron chi connectivity index (χ2n) is 7.23. The van der Waals surface area contributed by atoms with E-state index >= 15 is 0 Å². The number of amides is 1. The molecule has 124 valence electrons. The van der Waals surface area contributed by atoms with Crippen molar-refractivity contribution in [2.45, 2.75) is 52.2 Å². The van der Waals surface area contributed by atoms with Gasteiger partial charge in [0.25, 0.3) is 5.91 Å². The van der Waals surface area contributed by atoms with Crippen LogP contribution >= 0.6 is 0 Å². The Labute approximate surface area is 132 Å². The highest BCUT2D eigenvalue weighted by Gasteiger charge is 2.31. The smallest absolute Gasteiger partial charge is 0.272 e. The van der Waals surface area contributed by atoms with Crippen LogP contribution in [0.4, 0.5) is 0 Å². The van der Waals surface area contributed by atoms with Crippen LogP contribution in [0.2, 0.25) is 0 Å². The summed E-state index contributed by atoms with van der Waals surface area (Å²) < 4.78 is 0. The third kappa shape index (κ3) is 4.08. The lowest BCUT2D eigenvalue weighted by Gasteiger charge is -2.41. The van der Waals surface area contributed by atoms with Gasteiger partial charge in [-0.25, -0.2) is 4.98 Å². The van der Waals surface area contributed by atoms with Gasteiger partial charge in [-0.2, -0.15) is 0 Å². The molecule has 0 aromatic carbocycles. The first-order chi connectivity index (χ1) is 10.2. The van der Waals surface area contributed by atoms with Crippen molar-refractivity contribution in [3.05, 3.63) is 17.7 Å². The average molecular weight is 308 g/mol. The molecule has 6 nitrogen and oxygen atoms in total. The normalized spacial score (nSPS) is 20.7. The van der Waals surface area contributed by atoms with Crippen LogP contribution in [0.1, 0.15) is 56.8 Å². The van der Waals surface area contributed by atoms with Crippen LogP contribution in [-0.4, -0.2) is 68.6 Å². The molecule has 1 atom stereocenters. The summed E-state index contributed by atoms with van der Waals surface area (Å²) in [6.45, 7) is 12.6. The van der Waals surface area contributed by atoms with Gasteiger partial charge in [0.2, 0.25) is 0 Å². The second-order valence-corrected chi connectivity index (χ2v) is 7.23. The number of aromatic amines is 1. The van der Waals surface area contributed by atoms with Crippen LogP contribution in [0, 0.1) is 0 Å². The standard InChI is InChI=1S/C16H28N4O2/c1-11(2)14-17-8-13(18-14)15(21)20-7-6-19(9-12(20)3)10-16(4,5)22/h8,11-12,22H,6-7,9-10H2,1-5H3,(H,17,18). The summed E-state index contributed by atoms with van der Waals surface area (Å²) in [7, 11) is 0. The number of piperazine rings is 1. The number of imidazole rings is 1. The summed E-state index contributed by atoms with van der Waals surface area (Å²) in [6, 6.07) is 0.120. The largest absolute Gasteiger partial charge is 0.389 e. The maximum absolute atomic E-state index is 12.6. The Hall–Kier alpha value is -1.40. The van der Waals surface area contributed by atoms with E-state index in [0.717, 1.165) is 18.9 Å². The predicted octanol–water partition coefficient (Wildman–Crippen LogP) is 1.45. The minimum absolute atomic E-state index is 0.00908. The van der Waals surface area contributed by atoms with Gasteiger partial charge in [0.15, 0.2) is 0 Å². The third-order valence-corrected chi connectivity index (χ3v) is 3.96. The van der Waals surface area contributed by atoms with Gasteiger partial charge in [0.05, 0.1) is 11.8 Å². The molecule has 22 heavy (non-hydrogen) atoms. The van der Waals surface area contributed by atoms with Crippen LogP contribution in [0.5, 0.6) is 0 Å². The predicted molar refractivity (Wildman–Crippen MR) is 85.9 cm³/mol. The van der Waals surface area contributed by atoms with Gasteiger partial charge in [0, 0.05) is 38.1 Å². The molecule has 0 bridgehead atoms. The van der Waals surface area contributed by atoms with Crippen LogP contribution in [0.25, 0.3) is 0 Å². The van der Waals surface area contributed by atoms with Gasteiger partial charge in [-0.15, -0.1) is 0 Å². The van der Waals surface area contributed by atoms with E-state index in [4.69, 9.17) is 0 Å². The number of nitrogens with zero attached hydrogens (tertiary/aromatic N) is 3. The number of β-amino-alcohol motifs (C(OH)–C–C–N with tert-alkyl or cyclic N) is 1. The zero-order valence-electron chi connectivity index (χ0n) is 14.3. The number of H-pyrrole nitrogens is 1. The highest BCUT2D eigenvalue weighted by molar-refractivity contribution is 5.92. The molecule has 1 fully saturated rings. The molecule has 6 heteroatoms. The quantitative estimate of drug-likeness (QED) is 0.883. The first-order valence-electron chi connectivity index (χ1n) is 7.98. The molecule has 2 rings (SSSR count). The van der Waals surface area contributed by atoms with E-state index in [1.807, 2.05) is 39.5 Å². The summed E-state index contributed by atoms with van der Waals surface area (Å²) in [6.07, 6.45) is 1.63. The molecular formula is C16H28N4O2. The monoisotopic (exact) mass is 308 g/mol. The fourth-order valence-electron chi connectivity index (χ4n) is 2.92. The molecule has 2 heterocycles. The van der Waals surface area contributed by atoms with Gasteiger partial charge in [-0.3, -0.25) is 9.69 Å². The molecule has 1 aliphatic rings. The summed E-state index contributed by atoms with van der Waals surface area (Å²) in [5.41, 5.74) is -0.145. The molecule has 1 amide bonds. The van der Waals surface area contributed by atoms with Gasteiger partial charge in [-0.05, 0) is 20.8 Å². The molecule has 1 aromatic rings. The fourth-order valence-corrected chi connectivity index (χ4v) is 2.92. The van der Waals surface area contributed by atoms with Crippen LogP contribution < -0.4 is 0 Å². The van der Waals surface area contributed by atoms with Crippen molar-refractivity contribution in [1.82, 2.24) is 19.8 Å². The van der Waals surface area contributed by atoms with E-state index in [0.29, 0.717) is 18.8 Å². The summed E-state index contributed by atoms with van der Waals surface area (Å²) in [4.78, 5) is 24.1. The number of aliphatic hydroxyl groups is 1. The molecule has 1 aliphatic heterocycles. The molecule has 1 aromatic heterocycles. The zero-order valence-corrected chi connectivity index (χ0v) is 14.3. The molecule has 1 saturated heterocycles. The minimum atomic E-state index is -0.707. The van der Waals surface area contributed by atoms with Gasteiger partial charge >= 0.3 is 0 Å². The number of hydrogen-bond acceptors (Lipinski definition) is 4. The van der Waals surface area contributed by atoms with E-state index in [9.17, 15) is 9.90 Å². The highest BCUT2D eigenvalue weighted by atomic mass is 16.3. The third-order valence-electron chi connectivity index (χ3n) is 3.96. The maximum Gasteiger partial charge on any atom is 0.272 e. The number of rotatable bonds is 4. The van der Waals surface area contributed by atoms with Crippen molar-refractivity contribution in [2.24, 2.45) is 0 Å². The lowest BCUT2D eigenvalue weighted by atomic mass is 10.1. The Balaban J connectivity index is 2.00. The van der Waals surface area contributed by atoms with Crippen molar-refractivity contribution in [1.29, 1.82) is 0 Å². The molecule has 0 aliphatic carbocycles. The molecule has 1 unspecified atom stereocenters. The minimum Gasteiger partial charge on any atom is -0.389 e. The average Bonchev–Trinajstić information content (AvgIpc) is 2.85. The Morgan fingerprint density at radius 3 is 2.68 bits per heavy atom. The number of carbonyl (C=O) groups is 1. The van der Waals surface area contributed by atoms with Crippen LogP contribution in [-0.2, 0) is 0 Å². The van der Waals surface area contributed by atoms with Gasteiger partial charge in [0.1, 0.15) is 11.5 Å². The van der Waals surface area contributed by atoms with Crippen molar-refractivity contribution in [2.75, 3.05) is 26.2 Å². The number of carbonyl (C=O) groups excluding carboxylic acids is 1. The lowest BCUT2D eigenvalue weighted by molar-refractivity contribution is 0.00562. The SMILES string of the molecule is CC(C)c1ncc(C(=O)N2CCN(CC(C)(C)O)CC2C)[nH]1. The number of nitrogens with one attached hydrogen (secondary N) is 1. The molecular weight excluding hydrogens is 280 g/mol. The molecule has 0 saturated carbocycles. The van der Waals surface area contributed by atoms with Gasteiger partial charge < -0.3 is 15.0 Å². The van der Waals surface area contributed by atoms with E-state index in [2.05, 4.69) is 14.9 Å². The first-order valence-corrected chi connectivity index (χ1v) is 7.98. The number of hydrogen-bond donors (Lipinski definition) is 2. The molecule has 0 spiro atoms. The lowest BCUT2D eigenvalue weighted by Crippen LogP contribution is -2.56. The van der Waals surface area contributed by atoms with Crippen molar-refractivity contribution in [3.63, 3.8) is 0 Å². The molecule has 2 N–H and O–H groups in total. The fraction of sp³-hybridized carbons (Fsp3) is 0.750. The van der Waals surface area contributed by atoms with Crippen LogP contribution in [0.15, 0.2) is 6.20 Å². The summed E-state index contributed by atoms with van der Waals surface area (Å²) >= 11 is 0. The van der Waals surface area contributed by atoms with Crippen molar-refractivity contribution in [3.8, 4) is 0 Å². The van der Waals surface area contributed by atoms with E-state index in [1.165, 1.54) is 0 Å². The Bertz CT molecular complexity index is 518. The zero-order chi connectivity index (χ0) is 16.5. The van der Waals surface area contributed by atoms with Gasteiger partial charge in [-0.1, -0.05) is 13.8 Å². The summed E-state index contributed by atoms with van der Waals surface area (Å²) in [5, 5.41) is 9.93. The number of aromatic nitrogens is 2. The molecule has 0 radical (unpaired) electrons. The van der Waals surface area contributed by atoms with E-state index in [-0.39, 0.29) is 17.9 Å². The van der Waals surface area contributed by atoms with Crippen molar-refractivity contribution >= 4 is 5.91 Å². The highest BCUT2D eigenvalue weighted by Crippen LogP contribution is 2.17. The maximum atomic E-state index is 12.6. The summed E-state index contributed by atoms with van der Waals surface area (Å²) in [5.74, 6) is 1.13. The van der Waals surface area contributed by atoms with Crippen LogP contribution in [0.3, 0.4) is 0 Å². The Morgan fingerprint density at radius 2 is 2.18 bits per heavy atom. The Morgan fingerprint density at radius 1 is 1.50 bits per heavy atom.